The average Bonchev–Trinajstić information content (AvgIpc) is 3.05. The molecule has 0 bridgehead atoms. The number of nitrogens with one attached hydrogen (secondary N) is 1. The predicted octanol–water partition coefficient (Wildman–Crippen LogP) is 3.40. The maximum absolute atomic E-state index is 13.1. The van der Waals surface area contributed by atoms with E-state index in [-0.39, 0.29) is 29.2 Å². The molecule has 164 valence electrons. The summed E-state index contributed by atoms with van der Waals surface area (Å²) in [5, 5.41) is 3.11. The first-order valence-electron chi connectivity index (χ1n) is 11.2. The summed E-state index contributed by atoms with van der Waals surface area (Å²) in [6, 6.07) is 16.5. The number of aryl methyl sites for hydroxylation is 2. The van der Waals surface area contributed by atoms with Crippen molar-refractivity contribution in [1.82, 2.24) is 15.1 Å². The lowest BCUT2D eigenvalue weighted by atomic mass is 9.71. The fourth-order valence-corrected chi connectivity index (χ4v) is 5.24. The van der Waals surface area contributed by atoms with E-state index in [1.807, 2.05) is 50.8 Å². The zero-order valence-electron chi connectivity index (χ0n) is 19.0. The lowest BCUT2D eigenvalue weighted by Gasteiger charge is -2.50. The van der Waals surface area contributed by atoms with Crippen molar-refractivity contribution in [2.45, 2.75) is 40.3 Å². The smallest absolute Gasteiger partial charge is 0.253 e. The molecule has 1 atom stereocenters. The van der Waals surface area contributed by atoms with Crippen LogP contribution < -0.4 is 5.32 Å². The Morgan fingerprint density at radius 2 is 1.68 bits per heavy atom. The highest BCUT2D eigenvalue weighted by molar-refractivity contribution is 5.95. The molecule has 0 aromatic heterocycles. The Bertz CT molecular complexity index is 944. The Morgan fingerprint density at radius 1 is 1.03 bits per heavy atom. The molecular formula is C26H33N3O2. The molecule has 2 aliphatic rings. The third-order valence-electron chi connectivity index (χ3n) is 6.48. The molecule has 2 aromatic carbocycles. The molecular weight excluding hydrogens is 386 g/mol. The normalized spacial score (nSPS) is 20.2. The van der Waals surface area contributed by atoms with E-state index < -0.39 is 0 Å². The summed E-state index contributed by atoms with van der Waals surface area (Å²) in [6.45, 7) is 11.7. The van der Waals surface area contributed by atoms with Crippen LogP contribution in [0.5, 0.6) is 0 Å². The van der Waals surface area contributed by atoms with Crippen molar-refractivity contribution in [3.05, 3.63) is 70.8 Å². The SMILES string of the molecule is Cc1cc(C)cc(C(=O)N2CC3(CN(Cc4ccccc4)CC3C(=O)NC(C)C)C2)c1. The summed E-state index contributed by atoms with van der Waals surface area (Å²) in [5.74, 6) is 0.0907. The van der Waals surface area contributed by atoms with Gasteiger partial charge in [-0.05, 0) is 45.4 Å². The van der Waals surface area contributed by atoms with E-state index in [2.05, 4.69) is 40.5 Å². The van der Waals surface area contributed by atoms with Crippen molar-refractivity contribution in [1.29, 1.82) is 0 Å². The molecule has 2 saturated heterocycles. The maximum Gasteiger partial charge on any atom is 0.253 e. The van der Waals surface area contributed by atoms with E-state index in [1.165, 1.54) is 5.56 Å². The van der Waals surface area contributed by atoms with Crippen LogP contribution in [-0.4, -0.2) is 53.8 Å². The minimum Gasteiger partial charge on any atom is -0.354 e. The molecule has 2 aromatic rings. The Labute approximate surface area is 185 Å². The Morgan fingerprint density at radius 3 is 2.29 bits per heavy atom. The van der Waals surface area contributed by atoms with Gasteiger partial charge in [-0.2, -0.15) is 0 Å². The minimum atomic E-state index is -0.164. The highest BCUT2D eigenvalue weighted by atomic mass is 16.2. The molecule has 5 heteroatoms. The number of rotatable bonds is 5. The van der Waals surface area contributed by atoms with Gasteiger partial charge in [0.15, 0.2) is 0 Å². The van der Waals surface area contributed by atoms with Gasteiger partial charge in [0.1, 0.15) is 0 Å². The first-order valence-corrected chi connectivity index (χ1v) is 11.2. The third kappa shape index (κ3) is 4.52. The topological polar surface area (TPSA) is 52.7 Å². The Kier molecular flexibility index (Phi) is 5.89. The quantitative estimate of drug-likeness (QED) is 0.808. The van der Waals surface area contributed by atoms with Gasteiger partial charge in [-0.15, -0.1) is 0 Å². The second kappa shape index (κ2) is 8.46. The van der Waals surface area contributed by atoms with E-state index in [1.54, 1.807) is 0 Å². The van der Waals surface area contributed by atoms with Crippen LogP contribution in [0.2, 0.25) is 0 Å². The molecule has 0 aliphatic carbocycles. The number of hydrogen-bond donors (Lipinski definition) is 1. The van der Waals surface area contributed by atoms with Gasteiger partial charge in [-0.3, -0.25) is 14.5 Å². The monoisotopic (exact) mass is 419 g/mol. The van der Waals surface area contributed by atoms with Crippen molar-refractivity contribution in [2.24, 2.45) is 11.3 Å². The van der Waals surface area contributed by atoms with Crippen molar-refractivity contribution < 1.29 is 9.59 Å². The molecule has 1 N–H and O–H groups in total. The number of amides is 2. The maximum atomic E-state index is 13.1. The zero-order chi connectivity index (χ0) is 22.2. The van der Waals surface area contributed by atoms with Gasteiger partial charge in [0.05, 0.1) is 5.92 Å². The van der Waals surface area contributed by atoms with Gasteiger partial charge >= 0.3 is 0 Å². The molecule has 2 heterocycles. The Hall–Kier alpha value is -2.66. The van der Waals surface area contributed by atoms with E-state index in [4.69, 9.17) is 0 Å². The van der Waals surface area contributed by atoms with Gasteiger partial charge in [0, 0.05) is 49.7 Å². The third-order valence-corrected chi connectivity index (χ3v) is 6.48. The van der Waals surface area contributed by atoms with Crippen LogP contribution in [-0.2, 0) is 11.3 Å². The van der Waals surface area contributed by atoms with Crippen LogP contribution in [0.3, 0.4) is 0 Å². The van der Waals surface area contributed by atoms with Crippen molar-refractivity contribution >= 4 is 11.8 Å². The lowest BCUT2D eigenvalue weighted by molar-refractivity contribution is -0.131. The second-order valence-electron chi connectivity index (χ2n) is 9.77. The van der Waals surface area contributed by atoms with Crippen LogP contribution in [0.4, 0.5) is 0 Å². The molecule has 0 saturated carbocycles. The Balaban J connectivity index is 1.50. The number of likely N-dealkylation sites (tertiary alicyclic amines) is 2. The van der Waals surface area contributed by atoms with Gasteiger partial charge in [-0.25, -0.2) is 0 Å². The van der Waals surface area contributed by atoms with Gasteiger partial charge in [0.25, 0.3) is 5.91 Å². The number of carbonyl (C=O) groups is 2. The van der Waals surface area contributed by atoms with Gasteiger partial charge in [0.2, 0.25) is 5.91 Å². The van der Waals surface area contributed by atoms with Crippen LogP contribution in [0.15, 0.2) is 48.5 Å². The van der Waals surface area contributed by atoms with Crippen LogP contribution in [0.25, 0.3) is 0 Å². The standard InChI is InChI=1S/C26H33N3O2/c1-18(2)27-24(30)23-14-28(13-21-8-6-5-7-9-21)15-26(23)16-29(17-26)25(31)22-11-19(3)10-20(4)12-22/h5-12,18,23H,13-17H2,1-4H3,(H,27,30). The lowest BCUT2D eigenvalue weighted by Crippen LogP contribution is -2.64. The molecule has 5 nitrogen and oxygen atoms in total. The van der Waals surface area contributed by atoms with E-state index in [9.17, 15) is 9.59 Å². The number of benzene rings is 2. The van der Waals surface area contributed by atoms with Crippen LogP contribution in [0.1, 0.15) is 40.9 Å². The van der Waals surface area contributed by atoms with Gasteiger partial charge < -0.3 is 10.2 Å². The van der Waals surface area contributed by atoms with Crippen molar-refractivity contribution in [3.63, 3.8) is 0 Å². The molecule has 2 amide bonds. The summed E-state index contributed by atoms with van der Waals surface area (Å²) in [5.41, 5.74) is 4.03. The molecule has 1 spiro atoms. The van der Waals surface area contributed by atoms with Gasteiger partial charge in [-0.1, -0.05) is 47.5 Å². The molecule has 0 radical (unpaired) electrons. The summed E-state index contributed by atoms with van der Waals surface area (Å²) in [7, 11) is 0. The van der Waals surface area contributed by atoms with Crippen LogP contribution in [0, 0.1) is 25.2 Å². The fraction of sp³-hybridized carbons (Fsp3) is 0.462. The molecule has 1 unspecified atom stereocenters. The largest absolute Gasteiger partial charge is 0.354 e. The molecule has 4 rings (SSSR count). The van der Waals surface area contributed by atoms with Crippen molar-refractivity contribution in [2.75, 3.05) is 26.2 Å². The first-order chi connectivity index (χ1) is 14.8. The highest BCUT2D eigenvalue weighted by Crippen LogP contribution is 2.45. The molecule has 31 heavy (non-hydrogen) atoms. The first kappa shape index (κ1) is 21.6. The van der Waals surface area contributed by atoms with Crippen molar-refractivity contribution in [3.8, 4) is 0 Å². The number of carbonyl (C=O) groups excluding carboxylic acids is 2. The number of hydrogen-bond acceptors (Lipinski definition) is 3. The molecule has 2 fully saturated rings. The summed E-state index contributed by atoms with van der Waals surface area (Å²) < 4.78 is 0. The zero-order valence-corrected chi connectivity index (χ0v) is 19.0. The van der Waals surface area contributed by atoms with E-state index >= 15 is 0 Å². The van der Waals surface area contributed by atoms with E-state index in [0.717, 1.165) is 36.3 Å². The average molecular weight is 420 g/mol. The minimum absolute atomic E-state index is 0.0713. The predicted molar refractivity (Wildman–Crippen MR) is 123 cm³/mol. The van der Waals surface area contributed by atoms with Crippen LogP contribution >= 0.6 is 0 Å². The number of nitrogens with zero attached hydrogens (tertiary/aromatic N) is 2. The molecule has 2 aliphatic heterocycles. The summed E-state index contributed by atoms with van der Waals surface area (Å²) >= 11 is 0. The fourth-order valence-electron chi connectivity index (χ4n) is 5.24. The van der Waals surface area contributed by atoms with E-state index in [0.29, 0.717) is 13.1 Å². The summed E-state index contributed by atoms with van der Waals surface area (Å²) in [4.78, 5) is 30.5. The highest BCUT2D eigenvalue weighted by Gasteiger charge is 2.57. The summed E-state index contributed by atoms with van der Waals surface area (Å²) in [6.07, 6.45) is 0. The second-order valence-corrected chi connectivity index (χ2v) is 9.77.